The van der Waals surface area contributed by atoms with Gasteiger partial charge in [0.2, 0.25) is 5.78 Å². The molecule has 0 aliphatic carbocycles. The van der Waals surface area contributed by atoms with E-state index in [4.69, 9.17) is 0 Å². The molecule has 3 aromatic carbocycles. The Morgan fingerprint density at radius 3 is 2.21 bits per heavy atom. The lowest BCUT2D eigenvalue weighted by atomic mass is 10.0. The number of hydrogen-bond donors (Lipinski definition) is 1. The minimum Gasteiger partial charge on any atom is -0.507 e. The molecule has 3 rings (SSSR count). The van der Waals surface area contributed by atoms with Crippen molar-refractivity contribution in [2.75, 3.05) is 0 Å². The first-order valence-corrected chi connectivity index (χ1v) is 7.36. The number of allylic oxidation sites excluding steroid dienone is 1. The Morgan fingerprint density at radius 2 is 1.50 bits per heavy atom. The van der Waals surface area contributed by atoms with Gasteiger partial charge in [-0.15, -0.1) is 0 Å². The van der Waals surface area contributed by atoms with Gasteiger partial charge in [0.15, 0.2) is 0 Å². The van der Waals surface area contributed by atoms with Gasteiger partial charge in [-0.25, -0.2) is 0 Å². The quantitative estimate of drug-likeness (QED) is 0.535. The summed E-state index contributed by atoms with van der Waals surface area (Å²) < 4.78 is 28.3. The van der Waals surface area contributed by atoms with Gasteiger partial charge in [-0.2, -0.15) is 8.78 Å². The van der Waals surface area contributed by atoms with E-state index in [2.05, 4.69) is 0 Å². The van der Waals surface area contributed by atoms with Crippen LogP contribution in [0.1, 0.15) is 11.1 Å². The maximum atomic E-state index is 14.2. The molecule has 0 atom stereocenters. The fourth-order valence-electron chi connectivity index (χ4n) is 2.44. The molecule has 3 aromatic rings. The van der Waals surface area contributed by atoms with E-state index in [-0.39, 0.29) is 0 Å². The molecule has 0 heterocycles. The molecule has 24 heavy (non-hydrogen) atoms. The molecule has 0 bridgehead atoms. The predicted molar refractivity (Wildman–Crippen MR) is 89.9 cm³/mol. The van der Waals surface area contributed by atoms with E-state index >= 15 is 0 Å². The van der Waals surface area contributed by atoms with Crippen LogP contribution in [0, 0.1) is 0 Å². The minimum absolute atomic E-state index is 0.311. The van der Waals surface area contributed by atoms with E-state index in [0.717, 1.165) is 10.8 Å². The van der Waals surface area contributed by atoms with Crippen LogP contribution < -0.4 is 0 Å². The summed E-state index contributed by atoms with van der Waals surface area (Å²) in [6.45, 7) is 0. The van der Waals surface area contributed by atoms with Crippen molar-refractivity contribution in [3.63, 3.8) is 0 Å². The van der Waals surface area contributed by atoms with Crippen molar-refractivity contribution in [3.8, 4) is 0 Å². The van der Waals surface area contributed by atoms with E-state index in [0.29, 0.717) is 11.6 Å². The first kappa shape index (κ1) is 15.9. The summed E-state index contributed by atoms with van der Waals surface area (Å²) >= 11 is 0. The molecule has 2 nitrogen and oxygen atoms in total. The number of carbonyl (C=O) groups is 1. The van der Waals surface area contributed by atoms with E-state index in [9.17, 15) is 18.7 Å². The number of carbonyl (C=O) groups excluding carboxylic acids is 1. The lowest BCUT2D eigenvalue weighted by molar-refractivity contribution is -0.138. The Bertz CT molecular complexity index is 915. The molecule has 0 saturated heterocycles. The number of halogens is 2. The summed E-state index contributed by atoms with van der Waals surface area (Å²) in [5.41, 5.74) is -0.0940. The molecule has 0 spiro atoms. The number of benzene rings is 3. The van der Waals surface area contributed by atoms with Crippen molar-refractivity contribution in [1.82, 2.24) is 0 Å². The van der Waals surface area contributed by atoms with Gasteiger partial charge < -0.3 is 5.11 Å². The predicted octanol–water partition coefficient (Wildman–Crippen LogP) is 5.10. The van der Waals surface area contributed by atoms with Crippen LogP contribution in [0.2, 0.25) is 0 Å². The third kappa shape index (κ3) is 3.04. The number of hydrogen-bond acceptors (Lipinski definition) is 2. The summed E-state index contributed by atoms with van der Waals surface area (Å²) in [4.78, 5) is 11.9. The van der Waals surface area contributed by atoms with Crippen LogP contribution in [0.25, 0.3) is 16.5 Å². The summed E-state index contributed by atoms with van der Waals surface area (Å²) in [6.07, 6.45) is 0.580. The SMILES string of the molecule is O=C(C=C(O)c1ccc2ccccc2c1)C(F)(F)c1ccccc1. The monoisotopic (exact) mass is 324 g/mol. The average molecular weight is 324 g/mol. The minimum atomic E-state index is -3.69. The number of aliphatic hydroxyl groups is 1. The molecular formula is C20H14F2O2. The zero-order valence-electron chi connectivity index (χ0n) is 12.6. The molecule has 0 aliphatic heterocycles. The molecule has 0 amide bonds. The molecule has 4 heteroatoms. The Morgan fingerprint density at radius 1 is 0.875 bits per heavy atom. The summed E-state index contributed by atoms with van der Waals surface area (Å²) in [7, 11) is 0. The zero-order chi connectivity index (χ0) is 17.2. The highest BCUT2D eigenvalue weighted by Crippen LogP contribution is 2.30. The number of aliphatic hydroxyl groups excluding tert-OH is 1. The molecule has 0 saturated carbocycles. The molecule has 0 aliphatic rings. The number of fused-ring (bicyclic) bond motifs is 1. The maximum Gasteiger partial charge on any atom is 0.334 e. The average Bonchev–Trinajstić information content (AvgIpc) is 2.62. The fourth-order valence-corrected chi connectivity index (χ4v) is 2.44. The summed E-state index contributed by atoms with van der Waals surface area (Å²) in [5.74, 6) is -5.63. The van der Waals surface area contributed by atoms with E-state index in [1.807, 2.05) is 24.3 Å². The first-order valence-electron chi connectivity index (χ1n) is 7.36. The van der Waals surface area contributed by atoms with Crippen LogP contribution in [-0.2, 0) is 10.7 Å². The lowest BCUT2D eigenvalue weighted by Gasteiger charge is -2.13. The Balaban J connectivity index is 1.92. The second-order valence-electron chi connectivity index (χ2n) is 5.40. The highest BCUT2D eigenvalue weighted by atomic mass is 19.3. The third-order valence-corrected chi connectivity index (χ3v) is 3.76. The maximum absolute atomic E-state index is 14.2. The molecule has 0 aromatic heterocycles. The second-order valence-corrected chi connectivity index (χ2v) is 5.40. The van der Waals surface area contributed by atoms with Crippen molar-refractivity contribution in [2.24, 2.45) is 0 Å². The van der Waals surface area contributed by atoms with Crippen molar-refractivity contribution < 1.29 is 18.7 Å². The number of ketones is 1. The van der Waals surface area contributed by atoms with Gasteiger partial charge in [-0.1, -0.05) is 66.7 Å². The molecule has 120 valence electrons. The van der Waals surface area contributed by atoms with Gasteiger partial charge in [0, 0.05) is 17.2 Å². The van der Waals surface area contributed by atoms with Gasteiger partial charge in [0.1, 0.15) is 5.76 Å². The number of alkyl halides is 2. The molecule has 1 N–H and O–H groups in total. The van der Waals surface area contributed by atoms with E-state index in [1.54, 1.807) is 24.3 Å². The topological polar surface area (TPSA) is 37.3 Å². The Kier molecular flexibility index (Phi) is 4.13. The molecule has 0 radical (unpaired) electrons. The van der Waals surface area contributed by atoms with Crippen LogP contribution >= 0.6 is 0 Å². The summed E-state index contributed by atoms with van der Waals surface area (Å²) in [5, 5.41) is 11.9. The smallest absolute Gasteiger partial charge is 0.334 e. The highest BCUT2D eigenvalue weighted by Gasteiger charge is 2.39. The molecular weight excluding hydrogens is 310 g/mol. The Labute approximate surface area is 137 Å². The van der Waals surface area contributed by atoms with Crippen molar-refractivity contribution in [1.29, 1.82) is 0 Å². The zero-order valence-corrected chi connectivity index (χ0v) is 12.6. The Hall–Kier alpha value is -3.01. The van der Waals surface area contributed by atoms with Gasteiger partial charge >= 0.3 is 5.92 Å². The van der Waals surface area contributed by atoms with Crippen molar-refractivity contribution in [3.05, 3.63) is 90.0 Å². The largest absolute Gasteiger partial charge is 0.507 e. The fraction of sp³-hybridized carbons (Fsp3) is 0.0500. The first-order chi connectivity index (χ1) is 11.5. The van der Waals surface area contributed by atoms with Crippen LogP contribution in [0.5, 0.6) is 0 Å². The number of rotatable bonds is 4. The van der Waals surface area contributed by atoms with Crippen LogP contribution in [0.4, 0.5) is 8.78 Å². The van der Waals surface area contributed by atoms with E-state index in [1.165, 1.54) is 24.3 Å². The van der Waals surface area contributed by atoms with Gasteiger partial charge in [-0.05, 0) is 16.8 Å². The van der Waals surface area contributed by atoms with Gasteiger partial charge in [-0.3, -0.25) is 4.79 Å². The normalized spacial score (nSPS) is 12.3. The van der Waals surface area contributed by atoms with Gasteiger partial charge in [0.05, 0.1) is 0 Å². The van der Waals surface area contributed by atoms with Gasteiger partial charge in [0.25, 0.3) is 0 Å². The van der Waals surface area contributed by atoms with Crippen LogP contribution in [-0.4, -0.2) is 10.9 Å². The molecule has 0 unspecified atom stereocenters. The van der Waals surface area contributed by atoms with Crippen LogP contribution in [0.15, 0.2) is 78.9 Å². The van der Waals surface area contributed by atoms with Crippen molar-refractivity contribution in [2.45, 2.75) is 5.92 Å². The summed E-state index contributed by atoms with van der Waals surface area (Å²) in [6, 6.07) is 19.3. The second kappa shape index (κ2) is 6.24. The molecule has 0 fully saturated rings. The third-order valence-electron chi connectivity index (χ3n) is 3.76. The van der Waals surface area contributed by atoms with E-state index < -0.39 is 23.0 Å². The lowest BCUT2D eigenvalue weighted by Crippen LogP contribution is -2.24. The van der Waals surface area contributed by atoms with Crippen molar-refractivity contribution >= 4 is 22.3 Å². The standard InChI is InChI=1S/C20H14F2O2/c21-20(22,17-8-2-1-3-9-17)19(24)13-18(23)16-11-10-14-6-4-5-7-15(14)12-16/h1-13,23H. The highest BCUT2D eigenvalue weighted by molar-refractivity contribution is 6.01. The van der Waals surface area contributed by atoms with Crippen LogP contribution in [0.3, 0.4) is 0 Å².